The number of anilines is 1. The highest BCUT2D eigenvalue weighted by Crippen LogP contribution is 2.28. The molecule has 1 aliphatic heterocycles. The number of aliphatic hydroxyl groups excluding tert-OH is 1. The van der Waals surface area contributed by atoms with Crippen molar-refractivity contribution in [3.05, 3.63) is 65.0 Å². The van der Waals surface area contributed by atoms with E-state index in [4.69, 9.17) is 4.74 Å². The Labute approximate surface area is 204 Å². The summed E-state index contributed by atoms with van der Waals surface area (Å²) in [6.07, 6.45) is 6.95. The average molecular weight is 480 g/mol. The van der Waals surface area contributed by atoms with Crippen LogP contribution in [0.25, 0.3) is 0 Å². The predicted molar refractivity (Wildman–Crippen MR) is 128 cm³/mol. The van der Waals surface area contributed by atoms with Crippen molar-refractivity contribution < 1.29 is 14.2 Å². The molecular weight excluding hydrogens is 449 g/mol. The molecular formula is C25H30FN7O2. The molecule has 4 rings (SSSR count). The van der Waals surface area contributed by atoms with E-state index in [2.05, 4.69) is 33.0 Å². The van der Waals surface area contributed by atoms with E-state index in [9.17, 15) is 14.8 Å². The molecule has 0 aliphatic carbocycles. The summed E-state index contributed by atoms with van der Waals surface area (Å²) in [5.74, 6) is 0.205. The zero-order valence-corrected chi connectivity index (χ0v) is 20.2. The van der Waals surface area contributed by atoms with Crippen molar-refractivity contribution in [2.75, 3.05) is 32.1 Å². The van der Waals surface area contributed by atoms with Gasteiger partial charge < -0.3 is 14.7 Å². The van der Waals surface area contributed by atoms with E-state index in [-0.39, 0.29) is 18.4 Å². The second-order valence-electron chi connectivity index (χ2n) is 8.85. The molecule has 184 valence electrons. The lowest BCUT2D eigenvalue weighted by Crippen LogP contribution is -2.36. The first-order valence-electron chi connectivity index (χ1n) is 11.7. The number of halogens is 1. The minimum absolute atomic E-state index is 0.0197. The van der Waals surface area contributed by atoms with Gasteiger partial charge in [0, 0.05) is 31.0 Å². The number of aromatic nitrogens is 4. The molecule has 35 heavy (non-hydrogen) atoms. The Morgan fingerprint density at radius 1 is 1.23 bits per heavy atom. The molecule has 1 N–H and O–H groups in total. The molecule has 1 saturated heterocycles. The zero-order chi connectivity index (χ0) is 24.9. The number of piperidine rings is 1. The van der Waals surface area contributed by atoms with Gasteiger partial charge >= 0.3 is 0 Å². The topological polar surface area (TPSA) is 103 Å². The van der Waals surface area contributed by atoms with Crippen LogP contribution in [0, 0.1) is 17.1 Å². The first kappa shape index (κ1) is 24.6. The number of rotatable bonds is 8. The summed E-state index contributed by atoms with van der Waals surface area (Å²) in [5.41, 5.74) is 2.57. The van der Waals surface area contributed by atoms with Gasteiger partial charge in [0.25, 0.3) is 0 Å². The average Bonchev–Trinajstić information content (AvgIpc) is 3.30. The van der Waals surface area contributed by atoms with Gasteiger partial charge in [-0.2, -0.15) is 10.4 Å². The van der Waals surface area contributed by atoms with Crippen molar-refractivity contribution in [1.29, 1.82) is 5.26 Å². The molecule has 0 bridgehead atoms. The van der Waals surface area contributed by atoms with Crippen molar-refractivity contribution in [1.82, 2.24) is 24.6 Å². The summed E-state index contributed by atoms with van der Waals surface area (Å²) < 4.78 is 21.9. The van der Waals surface area contributed by atoms with Gasteiger partial charge in [-0.25, -0.2) is 14.4 Å². The van der Waals surface area contributed by atoms with Crippen LogP contribution in [-0.2, 0) is 13.0 Å². The lowest BCUT2D eigenvalue weighted by atomic mass is 10.1. The number of benzene rings is 1. The molecule has 9 nitrogen and oxygen atoms in total. The highest BCUT2D eigenvalue weighted by molar-refractivity contribution is 5.34. The summed E-state index contributed by atoms with van der Waals surface area (Å²) in [7, 11) is 3.41. The van der Waals surface area contributed by atoms with Crippen LogP contribution < -0.4 is 9.64 Å². The molecule has 0 radical (unpaired) electrons. The molecule has 1 fully saturated rings. The normalized spacial score (nSPS) is 15.3. The number of nitrogens with zero attached hydrogens (tertiary/aromatic N) is 7. The summed E-state index contributed by atoms with van der Waals surface area (Å²) >= 11 is 0. The van der Waals surface area contributed by atoms with Crippen LogP contribution in [0.1, 0.15) is 54.4 Å². The third kappa shape index (κ3) is 5.42. The summed E-state index contributed by atoms with van der Waals surface area (Å²) in [6, 6.07) is 6.66. The van der Waals surface area contributed by atoms with Gasteiger partial charge in [0.1, 0.15) is 24.6 Å². The Hall–Kier alpha value is -3.55. The summed E-state index contributed by atoms with van der Waals surface area (Å²) in [5, 5.41) is 24.3. The van der Waals surface area contributed by atoms with E-state index in [0.717, 1.165) is 43.9 Å². The van der Waals surface area contributed by atoms with E-state index in [1.54, 1.807) is 35.9 Å². The highest BCUT2D eigenvalue weighted by Gasteiger charge is 2.26. The maximum Gasteiger partial charge on any atom is 0.225 e. The molecule has 3 aromatic rings. The van der Waals surface area contributed by atoms with E-state index in [1.807, 2.05) is 12.4 Å². The van der Waals surface area contributed by atoms with Gasteiger partial charge in [-0.15, -0.1) is 0 Å². The van der Waals surface area contributed by atoms with E-state index in [0.29, 0.717) is 16.8 Å². The summed E-state index contributed by atoms with van der Waals surface area (Å²) in [4.78, 5) is 12.7. The van der Waals surface area contributed by atoms with E-state index < -0.39 is 12.0 Å². The monoisotopic (exact) mass is 479 g/mol. The van der Waals surface area contributed by atoms with E-state index in [1.165, 1.54) is 12.1 Å². The third-order valence-corrected chi connectivity index (χ3v) is 6.30. The van der Waals surface area contributed by atoms with Gasteiger partial charge in [0.05, 0.1) is 12.2 Å². The Kier molecular flexibility index (Phi) is 7.58. The molecule has 3 heterocycles. The third-order valence-electron chi connectivity index (χ3n) is 6.30. The van der Waals surface area contributed by atoms with Crippen LogP contribution in [0.15, 0.2) is 36.8 Å². The number of hydrogen-bond donors (Lipinski definition) is 1. The summed E-state index contributed by atoms with van der Waals surface area (Å²) in [6.45, 7) is 3.63. The molecule has 1 aromatic carbocycles. The molecule has 1 unspecified atom stereocenters. The largest absolute Gasteiger partial charge is 0.486 e. The first-order chi connectivity index (χ1) is 16.9. The Morgan fingerprint density at radius 2 is 1.94 bits per heavy atom. The molecule has 2 aromatic heterocycles. The van der Waals surface area contributed by atoms with Gasteiger partial charge in [0.2, 0.25) is 5.95 Å². The quantitative estimate of drug-likeness (QED) is 0.491. The number of aliphatic hydroxyl groups is 1. The zero-order valence-electron chi connectivity index (χ0n) is 20.2. The van der Waals surface area contributed by atoms with Crippen LogP contribution in [0.3, 0.4) is 0 Å². The Balaban J connectivity index is 1.39. The van der Waals surface area contributed by atoms with Gasteiger partial charge in [0.15, 0.2) is 11.6 Å². The van der Waals surface area contributed by atoms with Crippen LogP contribution in [0.5, 0.6) is 5.75 Å². The van der Waals surface area contributed by atoms with E-state index >= 15 is 0 Å². The Morgan fingerprint density at radius 3 is 2.54 bits per heavy atom. The predicted octanol–water partition coefficient (Wildman–Crippen LogP) is 3.22. The van der Waals surface area contributed by atoms with Crippen molar-refractivity contribution in [3.63, 3.8) is 0 Å². The minimum atomic E-state index is -0.907. The second-order valence-corrected chi connectivity index (χ2v) is 8.85. The maximum absolute atomic E-state index is 14.5. The smallest absolute Gasteiger partial charge is 0.225 e. The van der Waals surface area contributed by atoms with Gasteiger partial charge in [-0.05, 0) is 56.6 Å². The van der Waals surface area contributed by atoms with Crippen molar-refractivity contribution in [2.45, 2.75) is 45.1 Å². The second kappa shape index (κ2) is 10.8. The van der Waals surface area contributed by atoms with Crippen LogP contribution >= 0.6 is 0 Å². The SMILES string of the molecule is CCc1cnc(N2CCC(n3ncc(COc4ccc(C(O)N(C)C)cc4F)c3C#N)CC2)nc1. The minimum Gasteiger partial charge on any atom is -0.486 e. The first-order valence-corrected chi connectivity index (χ1v) is 11.7. The fourth-order valence-electron chi connectivity index (χ4n) is 4.16. The molecule has 1 atom stereocenters. The lowest BCUT2D eigenvalue weighted by Gasteiger charge is -2.32. The Bertz CT molecular complexity index is 1180. The molecule has 0 amide bonds. The van der Waals surface area contributed by atoms with Gasteiger partial charge in [-0.3, -0.25) is 9.58 Å². The highest BCUT2D eigenvalue weighted by atomic mass is 19.1. The molecule has 1 aliphatic rings. The van der Waals surface area contributed by atoms with Crippen molar-refractivity contribution >= 4 is 5.95 Å². The molecule has 0 spiro atoms. The van der Waals surface area contributed by atoms with Crippen LogP contribution in [-0.4, -0.2) is 56.9 Å². The number of nitriles is 1. The molecule has 10 heteroatoms. The number of ether oxygens (including phenoxy) is 1. The molecule has 0 saturated carbocycles. The van der Waals surface area contributed by atoms with Crippen LogP contribution in [0.2, 0.25) is 0 Å². The van der Waals surface area contributed by atoms with Crippen molar-refractivity contribution in [3.8, 4) is 11.8 Å². The standard InChI is InChI=1S/C25H30FN7O2/c1-4-17-13-28-25(29-14-17)32-9-7-20(8-10-32)33-22(12-27)19(15-30-33)16-35-23-6-5-18(11-21(23)26)24(34)31(2)3/h5-6,11,13-15,20,24,34H,4,7-10,16H2,1-3H3. The van der Waals surface area contributed by atoms with Gasteiger partial charge in [-0.1, -0.05) is 13.0 Å². The lowest BCUT2D eigenvalue weighted by molar-refractivity contribution is 0.0392. The number of hydrogen-bond acceptors (Lipinski definition) is 8. The fourth-order valence-corrected chi connectivity index (χ4v) is 4.16. The van der Waals surface area contributed by atoms with Crippen molar-refractivity contribution in [2.24, 2.45) is 0 Å². The number of aryl methyl sites for hydroxylation is 1. The maximum atomic E-state index is 14.5. The van der Waals surface area contributed by atoms with Crippen LogP contribution in [0.4, 0.5) is 10.3 Å². The fraction of sp³-hybridized carbons (Fsp3) is 0.440.